The summed E-state index contributed by atoms with van der Waals surface area (Å²) in [6, 6.07) is 3.56. The number of amides is 2. The Balaban J connectivity index is 1.97. The first kappa shape index (κ1) is 15.0. The molecule has 0 aliphatic carbocycles. The summed E-state index contributed by atoms with van der Waals surface area (Å²) in [6.07, 6.45) is 3.43. The van der Waals surface area contributed by atoms with Crippen LogP contribution in [-0.2, 0) is 6.54 Å². The molecule has 1 atom stereocenters. The van der Waals surface area contributed by atoms with Crippen molar-refractivity contribution in [3.63, 3.8) is 0 Å². The van der Waals surface area contributed by atoms with Crippen molar-refractivity contribution in [3.05, 3.63) is 47.1 Å². The molecule has 2 aromatic rings. The van der Waals surface area contributed by atoms with Gasteiger partial charge in [-0.15, -0.1) is 0 Å². The van der Waals surface area contributed by atoms with Crippen LogP contribution in [0.4, 0.5) is 4.79 Å². The van der Waals surface area contributed by atoms with Crippen molar-refractivity contribution in [1.82, 2.24) is 20.4 Å². The number of nitrogens with one attached hydrogen (secondary N) is 1. The Morgan fingerprint density at radius 3 is 2.62 bits per heavy atom. The fraction of sp³-hybridized carbons (Fsp3) is 0.400. The van der Waals surface area contributed by atoms with E-state index in [1.54, 1.807) is 24.3 Å². The molecule has 0 saturated carbocycles. The van der Waals surface area contributed by atoms with Crippen LogP contribution in [0.15, 0.2) is 29.0 Å². The third-order valence-corrected chi connectivity index (χ3v) is 3.47. The van der Waals surface area contributed by atoms with Crippen LogP contribution in [0.3, 0.4) is 0 Å². The largest absolute Gasteiger partial charge is 0.361 e. The summed E-state index contributed by atoms with van der Waals surface area (Å²) in [6.45, 7) is 6.13. The van der Waals surface area contributed by atoms with Crippen LogP contribution in [0.1, 0.15) is 35.5 Å². The second kappa shape index (κ2) is 6.39. The summed E-state index contributed by atoms with van der Waals surface area (Å²) in [5.74, 6) is 0.745. The van der Waals surface area contributed by atoms with Crippen LogP contribution in [0.5, 0.6) is 0 Å². The minimum atomic E-state index is -0.140. The van der Waals surface area contributed by atoms with Gasteiger partial charge in [-0.2, -0.15) is 0 Å². The van der Waals surface area contributed by atoms with E-state index in [0.29, 0.717) is 6.54 Å². The molecule has 21 heavy (non-hydrogen) atoms. The zero-order valence-electron chi connectivity index (χ0n) is 12.8. The molecule has 1 N–H and O–H groups in total. The van der Waals surface area contributed by atoms with Crippen LogP contribution in [0.2, 0.25) is 0 Å². The van der Waals surface area contributed by atoms with E-state index in [0.717, 1.165) is 22.6 Å². The average Bonchev–Trinajstić information content (AvgIpc) is 2.79. The number of urea groups is 1. The molecule has 2 aromatic heterocycles. The van der Waals surface area contributed by atoms with E-state index in [-0.39, 0.29) is 12.1 Å². The molecule has 112 valence electrons. The summed E-state index contributed by atoms with van der Waals surface area (Å²) >= 11 is 0. The van der Waals surface area contributed by atoms with Crippen LogP contribution in [0.25, 0.3) is 0 Å². The Morgan fingerprint density at radius 2 is 2.05 bits per heavy atom. The summed E-state index contributed by atoms with van der Waals surface area (Å²) in [5, 5.41) is 6.85. The summed E-state index contributed by atoms with van der Waals surface area (Å²) in [7, 11) is 1.75. The van der Waals surface area contributed by atoms with E-state index in [4.69, 9.17) is 4.52 Å². The maximum atomic E-state index is 12.2. The highest BCUT2D eigenvalue weighted by Crippen LogP contribution is 2.15. The van der Waals surface area contributed by atoms with Crippen molar-refractivity contribution in [2.45, 2.75) is 33.4 Å². The van der Waals surface area contributed by atoms with Gasteiger partial charge in [0.15, 0.2) is 0 Å². The third kappa shape index (κ3) is 3.59. The lowest BCUT2D eigenvalue weighted by Gasteiger charge is -2.21. The second-order valence-electron chi connectivity index (χ2n) is 5.11. The van der Waals surface area contributed by atoms with Crippen molar-refractivity contribution in [3.8, 4) is 0 Å². The maximum absolute atomic E-state index is 12.2. The number of hydrogen-bond donors (Lipinski definition) is 1. The van der Waals surface area contributed by atoms with Crippen LogP contribution >= 0.6 is 0 Å². The molecule has 0 bridgehead atoms. The molecular formula is C15H20N4O2. The predicted octanol–water partition coefficient (Wildman–Crippen LogP) is 2.59. The Hall–Kier alpha value is -2.37. The van der Waals surface area contributed by atoms with Crippen molar-refractivity contribution < 1.29 is 9.32 Å². The first-order valence-electron chi connectivity index (χ1n) is 6.82. The van der Waals surface area contributed by atoms with E-state index >= 15 is 0 Å². The molecule has 0 aliphatic rings. The van der Waals surface area contributed by atoms with Crippen molar-refractivity contribution in [1.29, 1.82) is 0 Å². The van der Waals surface area contributed by atoms with Gasteiger partial charge in [0, 0.05) is 25.0 Å². The molecule has 0 fully saturated rings. The SMILES string of the molecule is Cc1noc(C)c1CN(C)C(=O)N[C@H](C)c1ccncc1. The fourth-order valence-electron chi connectivity index (χ4n) is 2.07. The van der Waals surface area contributed by atoms with Gasteiger partial charge in [-0.1, -0.05) is 5.16 Å². The van der Waals surface area contributed by atoms with E-state index in [1.807, 2.05) is 32.9 Å². The molecular weight excluding hydrogens is 268 g/mol. The molecule has 0 radical (unpaired) electrons. The molecule has 2 amide bonds. The normalized spacial score (nSPS) is 12.0. The van der Waals surface area contributed by atoms with E-state index in [2.05, 4.69) is 15.5 Å². The first-order valence-corrected chi connectivity index (χ1v) is 6.82. The number of carbonyl (C=O) groups is 1. The smallest absolute Gasteiger partial charge is 0.317 e. The van der Waals surface area contributed by atoms with Crippen molar-refractivity contribution in [2.75, 3.05) is 7.05 Å². The zero-order chi connectivity index (χ0) is 15.4. The minimum Gasteiger partial charge on any atom is -0.361 e. The lowest BCUT2D eigenvalue weighted by molar-refractivity contribution is 0.203. The molecule has 0 unspecified atom stereocenters. The van der Waals surface area contributed by atoms with Gasteiger partial charge in [0.25, 0.3) is 0 Å². The minimum absolute atomic E-state index is 0.0763. The Labute approximate surface area is 124 Å². The average molecular weight is 288 g/mol. The Bertz CT molecular complexity index is 590. The van der Waals surface area contributed by atoms with Gasteiger partial charge < -0.3 is 14.7 Å². The van der Waals surface area contributed by atoms with E-state index in [1.165, 1.54) is 0 Å². The predicted molar refractivity (Wildman–Crippen MR) is 78.6 cm³/mol. The quantitative estimate of drug-likeness (QED) is 0.938. The van der Waals surface area contributed by atoms with Gasteiger partial charge in [0.05, 0.1) is 18.3 Å². The number of pyridine rings is 1. The van der Waals surface area contributed by atoms with Crippen LogP contribution in [0, 0.1) is 13.8 Å². The first-order chi connectivity index (χ1) is 9.99. The molecule has 2 rings (SSSR count). The molecule has 0 spiro atoms. The third-order valence-electron chi connectivity index (χ3n) is 3.47. The van der Waals surface area contributed by atoms with Crippen molar-refractivity contribution >= 4 is 6.03 Å². The lowest BCUT2D eigenvalue weighted by Crippen LogP contribution is -2.38. The van der Waals surface area contributed by atoms with E-state index in [9.17, 15) is 4.79 Å². The van der Waals surface area contributed by atoms with Crippen LogP contribution < -0.4 is 5.32 Å². The van der Waals surface area contributed by atoms with Gasteiger partial charge in [0.2, 0.25) is 0 Å². The highest BCUT2D eigenvalue weighted by atomic mass is 16.5. The fourth-order valence-corrected chi connectivity index (χ4v) is 2.07. The Kier molecular flexibility index (Phi) is 4.57. The summed E-state index contributed by atoms with van der Waals surface area (Å²) in [4.78, 5) is 17.8. The van der Waals surface area contributed by atoms with Gasteiger partial charge >= 0.3 is 6.03 Å². The van der Waals surface area contributed by atoms with Crippen LogP contribution in [-0.4, -0.2) is 28.1 Å². The topological polar surface area (TPSA) is 71.3 Å². The highest BCUT2D eigenvalue weighted by Gasteiger charge is 2.17. The molecule has 0 aliphatic heterocycles. The number of hydrogen-bond acceptors (Lipinski definition) is 4. The number of aryl methyl sites for hydroxylation is 2. The number of carbonyl (C=O) groups excluding carboxylic acids is 1. The number of rotatable bonds is 4. The maximum Gasteiger partial charge on any atom is 0.317 e. The highest BCUT2D eigenvalue weighted by molar-refractivity contribution is 5.74. The van der Waals surface area contributed by atoms with Gasteiger partial charge in [-0.3, -0.25) is 4.98 Å². The van der Waals surface area contributed by atoms with Gasteiger partial charge in [-0.25, -0.2) is 4.79 Å². The standard InChI is InChI=1S/C15H20N4O2/c1-10(13-5-7-16-8-6-13)17-15(20)19(4)9-14-11(2)18-21-12(14)3/h5-8,10H,9H2,1-4H3,(H,17,20)/t10-/m1/s1. The second-order valence-corrected chi connectivity index (χ2v) is 5.11. The molecule has 2 heterocycles. The summed E-state index contributed by atoms with van der Waals surface area (Å²) in [5.41, 5.74) is 2.78. The molecule has 6 nitrogen and oxygen atoms in total. The van der Waals surface area contributed by atoms with Gasteiger partial charge in [0.1, 0.15) is 5.76 Å². The number of nitrogens with zero attached hydrogens (tertiary/aromatic N) is 3. The lowest BCUT2D eigenvalue weighted by atomic mass is 10.1. The molecule has 0 aromatic carbocycles. The Morgan fingerprint density at radius 1 is 1.38 bits per heavy atom. The van der Waals surface area contributed by atoms with E-state index < -0.39 is 0 Å². The zero-order valence-corrected chi connectivity index (χ0v) is 12.8. The molecule has 0 saturated heterocycles. The number of aromatic nitrogens is 2. The van der Waals surface area contributed by atoms with Gasteiger partial charge in [-0.05, 0) is 38.5 Å². The monoisotopic (exact) mass is 288 g/mol. The molecule has 6 heteroatoms. The summed E-state index contributed by atoms with van der Waals surface area (Å²) < 4.78 is 5.11. The van der Waals surface area contributed by atoms with Crippen molar-refractivity contribution in [2.24, 2.45) is 0 Å².